The van der Waals surface area contributed by atoms with E-state index in [2.05, 4.69) is 5.32 Å². The topological polar surface area (TPSA) is 148 Å². The highest BCUT2D eigenvalue weighted by Crippen LogP contribution is 2.37. The number of carbonyl (C=O) groups excluding carboxylic acids is 1. The molecule has 1 aliphatic rings. The van der Waals surface area contributed by atoms with Crippen molar-refractivity contribution in [2.75, 3.05) is 38.7 Å². The van der Waals surface area contributed by atoms with Crippen LogP contribution in [0.5, 0.6) is 11.5 Å². The molecule has 226 valence electrons. The molecule has 2 atom stereocenters. The van der Waals surface area contributed by atoms with Gasteiger partial charge in [-0.15, -0.1) is 0 Å². The van der Waals surface area contributed by atoms with Crippen LogP contribution in [0.4, 0.5) is 5.69 Å². The number of aliphatic hydroxyl groups is 1. The van der Waals surface area contributed by atoms with Gasteiger partial charge in [-0.05, 0) is 48.5 Å². The third-order valence-corrected chi connectivity index (χ3v) is 8.95. The molecular formula is C31H32N2O9S. The Morgan fingerprint density at radius 3 is 2.53 bits per heavy atom. The number of furan rings is 1. The summed E-state index contributed by atoms with van der Waals surface area (Å²) < 4.78 is 50.4. The summed E-state index contributed by atoms with van der Waals surface area (Å²) >= 11 is 0. The van der Waals surface area contributed by atoms with Crippen LogP contribution < -0.4 is 10.1 Å². The first-order valence-corrected chi connectivity index (χ1v) is 15.0. The summed E-state index contributed by atoms with van der Waals surface area (Å²) in [6.45, 7) is -0.671. The molecule has 0 aliphatic carbocycles. The molecule has 3 aromatic carbocycles. The van der Waals surface area contributed by atoms with E-state index in [0.717, 1.165) is 15.3 Å². The number of hydrogen-bond acceptors (Lipinski definition) is 9. The third-order valence-electron chi connectivity index (χ3n) is 7.03. The Balaban J connectivity index is 1.33. The zero-order chi connectivity index (χ0) is 30.4. The van der Waals surface area contributed by atoms with Crippen LogP contribution >= 0.6 is 0 Å². The Morgan fingerprint density at radius 1 is 1.05 bits per heavy atom. The fourth-order valence-electron chi connectivity index (χ4n) is 4.83. The van der Waals surface area contributed by atoms with E-state index in [4.69, 9.17) is 18.6 Å². The van der Waals surface area contributed by atoms with Crippen molar-refractivity contribution in [1.29, 1.82) is 0 Å². The monoisotopic (exact) mass is 608 g/mol. The summed E-state index contributed by atoms with van der Waals surface area (Å²) in [6.07, 6.45) is 2.73. The predicted octanol–water partition coefficient (Wildman–Crippen LogP) is 4.20. The van der Waals surface area contributed by atoms with Gasteiger partial charge < -0.3 is 34.2 Å². The Hall–Kier alpha value is -4.36. The molecule has 0 saturated carbocycles. The number of benzene rings is 3. The first-order valence-electron chi connectivity index (χ1n) is 13.6. The van der Waals surface area contributed by atoms with E-state index in [-0.39, 0.29) is 54.3 Å². The van der Waals surface area contributed by atoms with Gasteiger partial charge in [0.15, 0.2) is 5.76 Å². The molecule has 1 aromatic heterocycles. The van der Waals surface area contributed by atoms with Crippen LogP contribution in [-0.2, 0) is 24.3 Å². The molecule has 43 heavy (non-hydrogen) atoms. The van der Waals surface area contributed by atoms with Crippen LogP contribution in [0, 0.1) is 0 Å². The zero-order valence-electron chi connectivity index (χ0n) is 23.4. The Labute approximate surface area is 249 Å². The maximum atomic E-state index is 13.3. The summed E-state index contributed by atoms with van der Waals surface area (Å²) in [6, 6.07) is 19.8. The number of allylic oxidation sites excluding steroid dienone is 1. The van der Waals surface area contributed by atoms with Gasteiger partial charge in [0, 0.05) is 36.4 Å². The Kier molecular flexibility index (Phi) is 9.31. The molecular weight excluding hydrogens is 576 g/mol. The van der Waals surface area contributed by atoms with Gasteiger partial charge >= 0.3 is 0 Å². The van der Waals surface area contributed by atoms with Crippen LogP contribution in [0.15, 0.2) is 100 Å². The highest BCUT2D eigenvalue weighted by molar-refractivity contribution is 7.89. The number of anilines is 1. The fraction of sp³-hybridized carbons (Fsp3) is 0.258. The summed E-state index contributed by atoms with van der Waals surface area (Å²) in [7, 11) is -2.45. The van der Waals surface area contributed by atoms with Crippen molar-refractivity contribution in [2.45, 2.75) is 23.5 Å². The summed E-state index contributed by atoms with van der Waals surface area (Å²) in [5.41, 5.74) is 1.75. The number of carbonyl (C=O) groups is 1. The molecule has 5 rings (SSSR count). The molecule has 0 saturated heterocycles. The van der Waals surface area contributed by atoms with E-state index in [1.807, 2.05) is 24.3 Å². The van der Waals surface area contributed by atoms with Crippen molar-refractivity contribution in [1.82, 2.24) is 4.31 Å². The van der Waals surface area contributed by atoms with Gasteiger partial charge in [-0.1, -0.05) is 30.3 Å². The number of hydrogen-bond donors (Lipinski definition) is 3. The number of aliphatic hydroxyl groups excluding tert-OH is 1. The van der Waals surface area contributed by atoms with Gasteiger partial charge in [-0.3, -0.25) is 4.79 Å². The van der Waals surface area contributed by atoms with Crippen molar-refractivity contribution < 1.29 is 42.1 Å². The molecule has 1 aliphatic heterocycles. The number of amides is 1. The van der Waals surface area contributed by atoms with Crippen molar-refractivity contribution in [3.05, 3.63) is 96.5 Å². The van der Waals surface area contributed by atoms with Crippen LogP contribution in [-0.4, -0.2) is 68.5 Å². The average molecular weight is 609 g/mol. The summed E-state index contributed by atoms with van der Waals surface area (Å²) in [5.74, 6) is -0.520. The number of nitrogens with zero attached hydrogens (tertiary/aromatic N) is 1. The lowest BCUT2D eigenvalue weighted by atomic mass is 9.92. The second-order valence-electron chi connectivity index (χ2n) is 9.75. The van der Waals surface area contributed by atoms with Crippen LogP contribution in [0.25, 0.3) is 11.0 Å². The minimum absolute atomic E-state index is 0.0205. The maximum Gasteiger partial charge on any atom is 0.290 e. The van der Waals surface area contributed by atoms with Crippen molar-refractivity contribution in [2.24, 2.45) is 0 Å². The molecule has 0 bridgehead atoms. The molecule has 0 unspecified atom stereocenters. The molecule has 0 fully saturated rings. The number of methoxy groups -OCH3 is 1. The molecule has 0 spiro atoms. The Morgan fingerprint density at radius 2 is 1.79 bits per heavy atom. The standard InChI is InChI=1S/C31H32N2O9S/c1-39-22-10-12-23(13-11-22)43(37,38)33(14-16-34)15-17-40-30-19-21(25-20-41-28-9-5-2-6-24(25)28)18-29(42-30)31(36)32-26-7-3-4-8-27(26)35/h2-13,18,20-21,30,34-35H,14-17,19H2,1H3,(H,32,36)/t21-,30+/m0/s1. The van der Waals surface area contributed by atoms with E-state index in [1.165, 1.54) is 25.3 Å². The first-order chi connectivity index (χ1) is 20.8. The molecule has 2 heterocycles. The van der Waals surface area contributed by atoms with E-state index in [0.29, 0.717) is 17.8 Å². The fourth-order valence-corrected chi connectivity index (χ4v) is 6.25. The quantitative estimate of drug-likeness (QED) is 0.201. The number of nitrogens with one attached hydrogen (secondary N) is 1. The SMILES string of the molecule is COc1ccc(S(=O)(=O)N(CCO)CCO[C@H]2C[C@@H](c3coc4ccccc34)C=C(C(=O)Nc3ccccc3O)O2)cc1. The zero-order valence-corrected chi connectivity index (χ0v) is 24.2. The molecule has 1 amide bonds. The number of phenols is 1. The number of ether oxygens (including phenoxy) is 3. The van der Waals surface area contributed by atoms with Crippen LogP contribution in [0.1, 0.15) is 17.9 Å². The molecule has 4 aromatic rings. The molecule has 3 N–H and O–H groups in total. The lowest BCUT2D eigenvalue weighted by molar-refractivity contribution is -0.143. The largest absolute Gasteiger partial charge is 0.506 e. The van der Waals surface area contributed by atoms with Gasteiger partial charge in [-0.2, -0.15) is 4.31 Å². The number of fused-ring (bicyclic) bond motifs is 1. The van der Waals surface area contributed by atoms with E-state index in [9.17, 15) is 23.4 Å². The number of rotatable bonds is 12. The van der Waals surface area contributed by atoms with Crippen LogP contribution in [0.3, 0.4) is 0 Å². The van der Waals surface area contributed by atoms with Gasteiger partial charge in [0.25, 0.3) is 5.91 Å². The summed E-state index contributed by atoms with van der Waals surface area (Å²) in [4.78, 5) is 13.3. The Bertz CT molecular complexity index is 1700. The molecule has 12 heteroatoms. The lowest BCUT2D eigenvalue weighted by Gasteiger charge is -2.30. The van der Waals surface area contributed by atoms with Gasteiger partial charge in [0.1, 0.15) is 17.1 Å². The van der Waals surface area contributed by atoms with Gasteiger partial charge in [-0.25, -0.2) is 8.42 Å². The van der Waals surface area contributed by atoms with E-state index >= 15 is 0 Å². The predicted molar refractivity (Wildman–Crippen MR) is 158 cm³/mol. The lowest BCUT2D eigenvalue weighted by Crippen LogP contribution is -2.37. The minimum Gasteiger partial charge on any atom is -0.506 e. The smallest absolute Gasteiger partial charge is 0.290 e. The molecule has 0 radical (unpaired) electrons. The number of sulfonamides is 1. The minimum atomic E-state index is -3.94. The highest BCUT2D eigenvalue weighted by atomic mass is 32.2. The highest BCUT2D eigenvalue weighted by Gasteiger charge is 2.31. The second-order valence-corrected chi connectivity index (χ2v) is 11.7. The number of para-hydroxylation sites is 3. The third kappa shape index (κ3) is 6.83. The number of phenolic OH excluding ortho intramolecular Hbond substituents is 1. The van der Waals surface area contributed by atoms with Crippen molar-refractivity contribution in [3.8, 4) is 11.5 Å². The maximum absolute atomic E-state index is 13.3. The van der Waals surface area contributed by atoms with Crippen molar-refractivity contribution >= 4 is 32.6 Å². The second kappa shape index (κ2) is 13.3. The molecule has 11 nitrogen and oxygen atoms in total. The van der Waals surface area contributed by atoms with Gasteiger partial charge in [0.05, 0.1) is 37.2 Å². The first kappa shape index (κ1) is 30.1. The van der Waals surface area contributed by atoms with Crippen molar-refractivity contribution in [3.63, 3.8) is 0 Å². The average Bonchev–Trinajstić information content (AvgIpc) is 3.46. The number of aromatic hydroxyl groups is 1. The van der Waals surface area contributed by atoms with E-state index in [1.54, 1.807) is 42.7 Å². The van der Waals surface area contributed by atoms with Crippen LogP contribution in [0.2, 0.25) is 0 Å². The van der Waals surface area contributed by atoms with Gasteiger partial charge in [0.2, 0.25) is 16.3 Å². The van der Waals surface area contributed by atoms with E-state index < -0.39 is 22.2 Å². The normalized spacial score (nSPS) is 17.0. The summed E-state index contributed by atoms with van der Waals surface area (Å²) in [5, 5.41) is 23.2.